The lowest BCUT2D eigenvalue weighted by Gasteiger charge is -2.23. The van der Waals surface area contributed by atoms with Gasteiger partial charge < -0.3 is 14.8 Å². The van der Waals surface area contributed by atoms with E-state index in [1.807, 2.05) is 55.3 Å². The molecule has 0 amide bonds. The first-order valence-electron chi connectivity index (χ1n) is 10.1. The highest BCUT2D eigenvalue weighted by atomic mass is 32.1. The van der Waals surface area contributed by atoms with Gasteiger partial charge in [-0.3, -0.25) is 9.69 Å². The van der Waals surface area contributed by atoms with Crippen molar-refractivity contribution in [2.24, 2.45) is 0 Å². The molecule has 3 rings (SSSR count). The molecule has 0 radical (unpaired) electrons. The molecule has 3 aromatic rings. The number of benzene rings is 1. The van der Waals surface area contributed by atoms with E-state index in [2.05, 4.69) is 16.5 Å². The Morgan fingerprint density at radius 3 is 2.80 bits per heavy atom. The number of aromatic nitrogens is 2. The second-order valence-electron chi connectivity index (χ2n) is 7.68. The zero-order valence-electron chi connectivity index (χ0n) is 17.7. The minimum absolute atomic E-state index is 0.0641. The molecule has 2 heterocycles. The zero-order valence-corrected chi connectivity index (χ0v) is 18.5. The quantitative estimate of drug-likeness (QED) is 0.482. The third-order valence-electron chi connectivity index (χ3n) is 4.78. The molecule has 0 aliphatic carbocycles. The number of ether oxygens (including phenoxy) is 1. The molecule has 0 saturated heterocycles. The first kappa shape index (κ1) is 22.4. The van der Waals surface area contributed by atoms with Crippen LogP contribution in [0.3, 0.4) is 0 Å². The number of nitrogens with one attached hydrogen (secondary N) is 1. The van der Waals surface area contributed by atoms with Crippen LogP contribution >= 0.6 is 11.3 Å². The van der Waals surface area contributed by atoms with Crippen molar-refractivity contribution in [3.8, 4) is 11.1 Å². The zero-order chi connectivity index (χ0) is 21.7. The minimum Gasteiger partial charge on any atom is -0.389 e. The van der Waals surface area contributed by atoms with E-state index in [0.717, 1.165) is 16.7 Å². The Morgan fingerprint density at radius 2 is 2.10 bits per heavy atom. The van der Waals surface area contributed by atoms with E-state index >= 15 is 0 Å². The summed E-state index contributed by atoms with van der Waals surface area (Å²) in [6, 6.07) is 8.03. The van der Waals surface area contributed by atoms with E-state index < -0.39 is 6.10 Å². The number of hydrogen-bond acceptors (Lipinski definition) is 6. The van der Waals surface area contributed by atoms with Crippen molar-refractivity contribution in [3.05, 3.63) is 64.0 Å². The van der Waals surface area contributed by atoms with Crippen molar-refractivity contribution < 1.29 is 9.84 Å². The first-order valence-corrected chi connectivity index (χ1v) is 11.0. The molecule has 7 heteroatoms. The lowest BCUT2D eigenvalue weighted by molar-refractivity contribution is -0.00834. The molecule has 0 aliphatic heterocycles. The van der Waals surface area contributed by atoms with E-state index in [-0.39, 0.29) is 18.3 Å². The third kappa shape index (κ3) is 5.43. The van der Waals surface area contributed by atoms with Crippen molar-refractivity contribution >= 4 is 21.6 Å². The van der Waals surface area contributed by atoms with Gasteiger partial charge in [-0.15, -0.1) is 17.9 Å². The number of fused-ring (bicyclic) bond motifs is 1. The Balaban J connectivity index is 1.83. The van der Waals surface area contributed by atoms with Crippen LogP contribution in [0, 0.1) is 6.92 Å². The molecule has 2 aromatic heterocycles. The lowest BCUT2D eigenvalue weighted by Crippen LogP contribution is -2.36. The summed E-state index contributed by atoms with van der Waals surface area (Å²) in [5.74, 6) is 0.574. The highest BCUT2D eigenvalue weighted by molar-refractivity contribution is 7.17. The van der Waals surface area contributed by atoms with Gasteiger partial charge in [0.2, 0.25) is 0 Å². The van der Waals surface area contributed by atoms with E-state index in [9.17, 15) is 9.90 Å². The molecule has 1 unspecified atom stereocenters. The van der Waals surface area contributed by atoms with Crippen molar-refractivity contribution in [3.63, 3.8) is 0 Å². The van der Waals surface area contributed by atoms with Gasteiger partial charge in [-0.1, -0.05) is 30.3 Å². The highest BCUT2D eigenvalue weighted by Gasteiger charge is 2.17. The Bertz CT molecular complexity index is 1060. The number of nitrogens with zero attached hydrogens (tertiary/aromatic N) is 2. The number of rotatable bonds is 10. The maximum Gasteiger partial charge on any atom is 0.260 e. The molecule has 0 fully saturated rings. The van der Waals surface area contributed by atoms with E-state index in [0.29, 0.717) is 35.7 Å². The number of aliphatic hydroxyl groups excluding tert-OH is 1. The molecule has 0 saturated carbocycles. The first-order chi connectivity index (χ1) is 14.4. The van der Waals surface area contributed by atoms with Crippen LogP contribution in [0.4, 0.5) is 0 Å². The van der Waals surface area contributed by atoms with Gasteiger partial charge in [0.05, 0.1) is 30.7 Å². The average Bonchev–Trinajstić information content (AvgIpc) is 3.11. The monoisotopic (exact) mass is 427 g/mol. The van der Waals surface area contributed by atoms with E-state index in [1.54, 1.807) is 6.08 Å². The summed E-state index contributed by atoms with van der Waals surface area (Å²) in [6.07, 6.45) is 1.21. The van der Waals surface area contributed by atoms with Crippen LogP contribution in [0.15, 0.2) is 47.1 Å². The Labute approximate surface area is 180 Å². The van der Waals surface area contributed by atoms with Crippen LogP contribution in [0.1, 0.15) is 25.2 Å². The number of H-pyrrole nitrogens is 1. The number of aryl methyl sites for hydroxylation is 1. The van der Waals surface area contributed by atoms with Crippen LogP contribution in [0.2, 0.25) is 0 Å². The van der Waals surface area contributed by atoms with Gasteiger partial charge in [0.25, 0.3) is 5.56 Å². The maximum atomic E-state index is 12.9. The Kier molecular flexibility index (Phi) is 7.55. The third-order valence-corrected chi connectivity index (χ3v) is 5.65. The predicted octanol–water partition coefficient (Wildman–Crippen LogP) is 3.73. The van der Waals surface area contributed by atoms with Crippen LogP contribution < -0.4 is 5.56 Å². The normalized spacial score (nSPS) is 12.7. The lowest BCUT2D eigenvalue weighted by atomic mass is 10.0. The van der Waals surface area contributed by atoms with Crippen molar-refractivity contribution in [2.75, 3.05) is 19.7 Å². The Hall–Kier alpha value is -2.32. The molecule has 160 valence electrons. The molecule has 0 spiro atoms. The van der Waals surface area contributed by atoms with Crippen molar-refractivity contribution in [2.45, 2.75) is 39.5 Å². The second-order valence-corrected chi connectivity index (χ2v) is 8.53. The molecule has 0 bridgehead atoms. The fraction of sp³-hybridized carbons (Fsp3) is 0.391. The van der Waals surface area contributed by atoms with Crippen LogP contribution in [-0.4, -0.2) is 51.9 Å². The van der Waals surface area contributed by atoms with Gasteiger partial charge in [-0.05, 0) is 31.9 Å². The summed E-state index contributed by atoms with van der Waals surface area (Å²) in [7, 11) is 0. The van der Waals surface area contributed by atoms with Crippen LogP contribution in [-0.2, 0) is 11.3 Å². The SMILES string of the molecule is C=CCN(Cc1nc2scc(-c3ccccc3C)c2c(=O)[nH]1)CC(O)COC(C)C. The van der Waals surface area contributed by atoms with E-state index in [4.69, 9.17) is 4.74 Å². The van der Waals surface area contributed by atoms with Gasteiger partial charge in [-0.25, -0.2) is 4.98 Å². The molecular formula is C23H29N3O3S. The molecule has 1 atom stereocenters. The molecule has 6 nitrogen and oxygen atoms in total. The summed E-state index contributed by atoms with van der Waals surface area (Å²) in [5, 5.41) is 12.9. The summed E-state index contributed by atoms with van der Waals surface area (Å²) in [5.41, 5.74) is 2.94. The Morgan fingerprint density at radius 1 is 1.33 bits per heavy atom. The molecule has 0 aliphatic rings. The van der Waals surface area contributed by atoms with Gasteiger partial charge in [0, 0.05) is 24.0 Å². The number of aromatic amines is 1. The summed E-state index contributed by atoms with van der Waals surface area (Å²) in [6.45, 7) is 11.3. The van der Waals surface area contributed by atoms with Gasteiger partial charge in [0.15, 0.2) is 0 Å². The number of hydrogen-bond donors (Lipinski definition) is 2. The molecule has 30 heavy (non-hydrogen) atoms. The maximum absolute atomic E-state index is 12.9. The summed E-state index contributed by atoms with van der Waals surface area (Å²) >= 11 is 1.47. The molecule has 1 aromatic carbocycles. The summed E-state index contributed by atoms with van der Waals surface area (Å²) < 4.78 is 5.49. The van der Waals surface area contributed by atoms with Crippen LogP contribution in [0.5, 0.6) is 0 Å². The predicted molar refractivity (Wildman–Crippen MR) is 123 cm³/mol. The topological polar surface area (TPSA) is 78.5 Å². The second kappa shape index (κ2) is 10.1. The van der Waals surface area contributed by atoms with Crippen molar-refractivity contribution in [1.82, 2.24) is 14.9 Å². The highest BCUT2D eigenvalue weighted by Crippen LogP contribution is 2.32. The molecule has 2 N–H and O–H groups in total. The summed E-state index contributed by atoms with van der Waals surface area (Å²) in [4.78, 5) is 23.2. The van der Waals surface area contributed by atoms with Crippen molar-refractivity contribution in [1.29, 1.82) is 0 Å². The largest absolute Gasteiger partial charge is 0.389 e. The standard InChI is InChI=1S/C23H29N3O3S/c1-5-10-26(11-17(27)13-29-15(2)3)12-20-24-22(28)21-19(14-30-23(21)25-20)18-9-7-6-8-16(18)4/h5-9,14-15,17,27H,1,10-13H2,2-4H3,(H,24,25,28). The number of thiophene rings is 1. The average molecular weight is 428 g/mol. The van der Waals surface area contributed by atoms with Gasteiger partial charge in [-0.2, -0.15) is 0 Å². The number of aliphatic hydroxyl groups is 1. The molecular weight excluding hydrogens is 398 g/mol. The van der Waals surface area contributed by atoms with Gasteiger partial charge in [0.1, 0.15) is 10.7 Å². The smallest absolute Gasteiger partial charge is 0.260 e. The van der Waals surface area contributed by atoms with Gasteiger partial charge >= 0.3 is 0 Å². The fourth-order valence-corrected chi connectivity index (χ4v) is 4.35. The fourth-order valence-electron chi connectivity index (χ4n) is 3.39. The van der Waals surface area contributed by atoms with E-state index in [1.165, 1.54) is 11.3 Å². The minimum atomic E-state index is -0.628. The van der Waals surface area contributed by atoms with Crippen LogP contribution in [0.25, 0.3) is 21.3 Å².